The molecule has 98 valence electrons. The van der Waals surface area contributed by atoms with Crippen LogP contribution in [0.1, 0.15) is 21.5 Å². The van der Waals surface area contributed by atoms with E-state index in [0.717, 1.165) is 5.56 Å². The molecule has 0 unspecified atom stereocenters. The summed E-state index contributed by atoms with van der Waals surface area (Å²) in [7, 11) is 0. The molecule has 2 aromatic carbocycles. The standard InChI is InChI=1S/C15H14FNO2/c1-10-3-2-4-13(14(10)16)17-15(19)12-7-5-11(9-18)6-8-12/h2-8,18H,9H2,1H3,(H,17,19). The molecule has 2 rings (SSSR count). The van der Waals surface area contributed by atoms with Gasteiger partial charge in [0.15, 0.2) is 0 Å². The van der Waals surface area contributed by atoms with Crippen molar-refractivity contribution in [3.05, 3.63) is 65.0 Å². The van der Waals surface area contributed by atoms with E-state index >= 15 is 0 Å². The third-order valence-electron chi connectivity index (χ3n) is 2.84. The first-order valence-corrected chi connectivity index (χ1v) is 5.88. The van der Waals surface area contributed by atoms with Crippen LogP contribution >= 0.6 is 0 Å². The fourth-order valence-corrected chi connectivity index (χ4v) is 1.70. The Hall–Kier alpha value is -2.20. The van der Waals surface area contributed by atoms with E-state index in [1.54, 1.807) is 43.3 Å². The van der Waals surface area contributed by atoms with Crippen LogP contribution in [0.5, 0.6) is 0 Å². The first-order valence-electron chi connectivity index (χ1n) is 5.88. The second-order valence-electron chi connectivity index (χ2n) is 4.25. The highest BCUT2D eigenvalue weighted by Gasteiger charge is 2.10. The van der Waals surface area contributed by atoms with Crippen molar-refractivity contribution >= 4 is 11.6 Å². The first-order chi connectivity index (χ1) is 9.11. The van der Waals surface area contributed by atoms with Crippen molar-refractivity contribution in [3.8, 4) is 0 Å². The van der Waals surface area contributed by atoms with Crippen molar-refractivity contribution in [1.82, 2.24) is 0 Å². The van der Waals surface area contributed by atoms with Gasteiger partial charge in [0.05, 0.1) is 12.3 Å². The van der Waals surface area contributed by atoms with Crippen LogP contribution in [0.3, 0.4) is 0 Å². The third-order valence-corrected chi connectivity index (χ3v) is 2.84. The summed E-state index contributed by atoms with van der Waals surface area (Å²) in [6.07, 6.45) is 0. The van der Waals surface area contributed by atoms with E-state index in [1.165, 1.54) is 6.07 Å². The van der Waals surface area contributed by atoms with Crippen molar-refractivity contribution in [1.29, 1.82) is 0 Å². The van der Waals surface area contributed by atoms with E-state index in [-0.39, 0.29) is 18.2 Å². The van der Waals surface area contributed by atoms with E-state index < -0.39 is 5.82 Å². The maximum Gasteiger partial charge on any atom is 0.255 e. The molecule has 1 amide bonds. The molecule has 2 aromatic rings. The van der Waals surface area contributed by atoms with Crippen LogP contribution in [0, 0.1) is 12.7 Å². The van der Waals surface area contributed by atoms with Crippen LogP contribution in [0.25, 0.3) is 0 Å². The Kier molecular flexibility index (Phi) is 3.92. The largest absolute Gasteiger partial charge is 0.392 e. The number of halogens is 1. The molecule has 0 aliphatic carbocycles. The van der Waals surface area contributed by atoms with Crippen LogP contribution < -0.4 is 5.32 Å². The molecule has 0 saturated heterocycles. The maximum atomic E-state index is 13.7. The van der Waals surface area contributed by atoms with Crippen molar-refractivity contribution in [2.75, 3.05) is 5.32 Å². The monoisotopic (exact) mass is 259 g/mol. The zero-order chi connectivity index (χ0) is 13.8. The number of aliphatic hydroxyl groups excluding tert-OH is 1. The van der Waals surface area contributed by atoms with Gasteiger partial charge in [-0.25, -0.2) is 4.39 Å². The number of anilines is 1. The van der Waals surface area contributed by atoms with E-state index in [4.69, 9.17) is 5.11 Å². The Bertz CT molecular complexity index is 594. The molecule has 0 aliphatic rings. The van der Waals surface area contributed by atoms with E-state index in [9.17, 15) is 9.18 Å². The number of benzene rings is 2. The van der Waals surface area contributed by atoms with Crippen LogP contribution in [-0.4, -0.2) is 11.0 Å². The Morgan fingerprint density at radius 1 is 1.21 bits per heavy atom. The highest BCUT2D eigenvalue weighted by atomic mass is 19.1. The zero-order valence-corrected chi connectivity index (χ0v) is 10.5. The lowest BCUT2D eigenvalue weighted by Gasteiger charge is -2.08. The van der Waals surface area contributed by atoms with Gasteiger partial charge in [-0.15, -0.1) is 0 Å². The second kappa shape index (κ2) is 5.63. The van der Waals surface area contributed by atoms with Gasteiger partial charge < -0.3 is 10.4 Å². The van der Waals surface area contributed by atoms with Crippen molar-refractivity contribution < 1.29 is 14.3 Å². The average molecular weight is 259 g/mol. The Morgan fingerprint density at radius 3 is 2.53 bits per heavy atom. The van der Waals surface area contributed by atoms with Gasteiger partial charge in [0, 0.05) is 5.56 Å². The van der Waals surface area contributed by atoms with E-state index in [1.807, 2.05) is 0 Å². The predicted molar refractivity (Wildman–Crippen MR) is 71.5 cm³/mol. The smallest absolute Gasteiger partial charge is 0.255 e. The molecule has 2 N–H and O–H groups in total. The highest BCUT2D eigenvalue weighted by Crippen LogP contribution is 2.18. The van der Waals surface area contributed by atoms with Gasteiger partial charge in [-0.3, -0.25) is 4.79 Å². The van der Waals surface area contributed by atoms with Crippen LogP contribution in [0.15, 0.2) is 42.5 Å². The minimum absolute atomic E-state index is 0.0750. The van der Waals surface area contributed by atoms with Crippen LogP contribution in [-0.2, 0) is 6.61 Å². The summed E-state index contributed by atoms with van der Waals surface area (Å²) in [5.74, 6) is -0.809. The van der Waals surface area contributed by atoms with Gasteiger partial charge in [0.1, 0.15) is 5.82 Å². The minimum atomic E-state index is -0.428. The van der Waals surface area contributed by atoms with Gasteiger partial charge in [0.2, 0.25) is 0 Å². The van der Waals surface area contributed by atoms with Crippen molar-refractivity contribution in [2.45, 2.75) is 13.5 Å². The summed E-state index contributed by atoms with van der Waals surface area (Å²) in [6.45, 7) is 1.56. The Labute approximate surface area is 110 Å². The Balaban J connectivity index is 2.18. The lowest BCUT2D eigenvalue weighted by Crippen LogP contribution is -2.13. The summed E-state index contributed by atoms with van der Waals surface area (Å²) < 4.78 is 13.7. The zero-order valence-electron chi connectivity index (χ0n) is 10.5. The van der Waals surface area contributed by atoms with E-state index in [0.29, 0.717) is 11.1 Å². The molecule has 0 aliphatic heterocycles. The summed E-state index contributed by atoms with van der Waals surface area (Å²) in [5.41, 5.74) is 1.78. The average Bonchev–Trinajstić information content (AvgIpc) is 2.44. The number of rotatable bonds is 3. The topological polar surface area (TPSA) is 49.3 Å². The fourth-order valence-electron chi connectivity index (χ4n) is 1.70. The molecule has 0 fully saturated rings. The molecule has 0 bridgehead atoms. The number of aliphatic hydroxyl groups is 1. The van der Waals surface area contributed by atoms with Gasteiger partial charge in [-0.1, -0.05) is 24.3 Å². The molecule has 0 radical (unpaired) electrons. The fraction of sp³-hybridized carbons (Fsp3) is 0.133. The number of nitrogens with one attached hydrogen (secondary N) is 1. The highest BCUT2D eigenvalue weighted by molar-refractivity contribution is 6.04. The summed E-state index contributed by atoms with van der Waals surface area (Å²) in [6, 6.07) is 11.3. The third kappa shape index (κ3) is 2.98. The van der Waals surface area contributed by atoms with Crippen molar-refractivity contribution in [2.24, 2.45) is 0 Å². The second-order valence-corrected chi connectivity index (χ2v) is 4.25. The normalized spacial score (nSPS) is 10.3. The Morgan fingerprint density at radius 2 is 1.89 bits per heavy atom. The van der Waals surface area contributed by atoms with E-state index in [2.05, 4.69) is 5.32 Å². The maximum absolute atomic E-state index is 13.7. The molecular weight excluding hydrogens is 245 g/mol. The SMILES string of the molecule is Cc1cccc(NC(=O)c2ccc(CO)cc2)c1F. The molecule has 0 saturated carbocycles. The van der Waals surface area contributed by atoms with Gasteiger partial charge in [0.25, 0.3) is 5.91 Å². The summed E-state index contributed by atoms with van der Waals surface area (Å²) >= 11 is 0. The molecule has 19 heavy (non-hydrogen) atoms. The summed E-state index contributed by atoms with van der Waals surface area (Å²) in [4.78, 5) is 11.9. The molecule has 0 heterocycles. The molecular formula is C15H14FNO2. The lowest BCUT2D eigenvalue weighted by molar-refractivity contribution is 0.102. The lowest BCUT2D eigenvalue weighted by atomic mass is 10.1. The minimum Gasteiger partial charge on any atom is -0.392 e. The van der Waals surface area contributed by atoms with Gasteiger partial charge in [-0.05, 0) is 36.2 Å². The first kappa shape index (κ1) is 13.2. The number of hydrogen-bond donors (Lipinski definition) is 2. The quantitative estimate of drug-likeness (QED) is 0.890. The number of hydrogen-bond acceptors (Lipinski definition) is 2. The van der Waals surface area contributed by atoms with Crippen LogP contribution in [0.4, 0.5) is 10.1 Å². The molecule has 0 spiro atoms. The summed E-state index contributed by atoms with van der Waals surface area (Å²) in [5, 5.41) is 11.4. The number of carbonyl (C=O) groups is 1. The number of aryl methyl sites for hydroxylation is 1. The van der Waals surface area contributed by atoms with Gasteiger partial charge >= 0.3 is 0 Å². The van der Waals surface area contributed by atoms with Crippen molar-refractivity contribution in [3.63, 3.8) is 0 Å². The van der Waals surface area contributed by atoms with Gasteiger partial charge in [-0.2, -0.15) is 0 Å². The van der Waals surface area contributed by atoms with Crippen LogP contribution in [0.2, 0.25) is 0 Å². The molecule has 0 atom stereocenters. The molecule has 0 aromatic heterocycles. The number of amides is 1. The molecule has 4 heteroatoms. The number of carbonyl (C=O) groups excluding carboxylic acids is 1. The molecule has 3 nitrogen and oxygen atoms in total. The predicted octanol–water partition coefficient (Wildman–Crippen LogP) is 2.88.